The zero-order valence-electron chi connectivity index (χ0n) is 14.8. The number of thiazole rings is 1. The molecular formula is C19H25N3O2S. The van der Waals surface area contributed by atoms with Gasteiger partial charge in [-0.05, 0) is 32.3 Å². The maximum absolute atomic E-state index is 12.8. The van der Waals surface area contributed by atoms with Crippen molar-refractivity contribution in [1.82, 2.24) is 15.2 Å². The van der Waals surface area contributed by atoms with E-state index in [-0.39, 0.29) is 12.5 Å². The molecule has 6 heteroatoms. The molecular weight excluding hydrogens is 334 g/mol. The number of piperidine rings is 1. The fraction of sp³-hybridized carbons (Fsp3) is 0.474. The SMILES string of the molecule is Cc1cccc(CN2CCC[C@@](O)(CNCc3csc(C)n3)C2=O)c1. The number of nitrogens with zero attached hydrogens (tertiary/aromatic N) is 2. The molecule has 25 heavy (non-hydrogen) atoms. The van der Waals surface area contributed by atoms with Crippen LogP contribution >= 0.6 is 11.3 Å². The van der Waals surface area contributed by atoms with Gasteiger partial charge in [0.1, 0.15) is 0 Å². The van der Waals surface area contributed by atoms with Gasteiger partial charge in [-0.15, -0.1) is 11.3 Å². The Kier molecular flexibility index (Phi) is 5.51. The molecule has 1 saturated heterocycles. The van der Waals surface area contributed by atoms with E-state index < -0.39 is 5.60 Å². The lowest BCUT2D eigenvalue weighted by atomic mass is 9.91. The Bertz CT molecular complexity index is 746. The largest absolute Gasteiger partial charge is 0.379 e. The van der Waals surface area contributed by atoms with Crippen LogP contribution in [0.2, 0.25) is 0 Å². The molecule has 1 amide bonds. The fourth-order valence-electron chi connectivity index (χ4n) is 3.30. The number of carbonyl (C=O) groups excluding carboxylic acids is 1. The van der Waals surface area contributed by atoms with E-state index in [9.17, 15) is 9.90 Å². The average Bonchev–Trinajstić information content (AvgIpc) is 2.98. The van der Waals surface area contributed by atoms with Crippen LogP contribution in [0, 0.1) is 13.8 Å². The van der Waals surface area contributed by atoms with Gasteiger partial charge in [0, 0.05) is 31.6 Å². The third-order valence-corrected chi connectivity index (χ3v) is 5.37. The summed E-state index contributed by atoms with van der Waals surface area (Å²) in [6, 6.07) is 8.16. The number of nitrogens with one attached hydrogen (secondary N) is 1. The monoisotopic (exact) mass is 359 g/mol. The van der Waals surface area contributed by atoms with Crippen molar-refractivity contribution < 1.29 is 9.90 Å². The third kappa shape index (κ3) is 4.45. The van der Waals surface area contributed by atoms with E-state index in [1.807, 2.05) is 37.4 Å². The number of benzene rings is 1. The molecule has 0 radical (unpaired) electrons. The first-order chi connectivity index (χ1) is 12.0. The highest BCUT2D eigenvalue weighted by atomic mass is 32.1. The summed E-state index contributed by atoms with van der Waals surface area (Å²) in [5.74, 6) is -0.179. The normalized spacial score (nSPS) is 20.9. The standard InChI is InChI=1S/C19H25N3O2S/c1-14-5-3-6-16(9-14)11-22-8-4-7-19(24,18(22)23)13-20-10-17-12-25-15(2)21-17/h3,5-6,9,12,20,24H,4,7-8,10-11,13H2,1-2H3/t19-/m1/s1. The second kappa shape index (κ2) is 7.64. The van der Waals surface area contributed by atoms with Crippen LogP contribution in [0.5, 0.6) is 0 Å². The van der Waals surface area contributed by atoms with E-state index in [2.05, 4.69) is 16.4 Å². The summed E-state index contributed by atoms with van der Waals surface area (Å²) in [6.45, 7) is 6.08. The molecule has 2 heterocycles. The predicted molar refractivity (Wildman–Crippen MR) is 99.3 cm³/mol. The highest BCUT2D eigenvalue weighted by molar-refractivity contribution is 7.09. The summed E-state index contributed by atoms with van der Waals surface area (Å²) in [4.78, 5) is 19.0. The van der Waals surface area contributed by atoms with Crippen LogP contribution < -0.4 is 5.32 Å². The Hall–Kier alpha value is -1.76. The topological polar surface area (TPSA) is 65.5 Å². The van der Waals surface area contributed by atoms with Crippen LogP contribution in [0.3, 0.4) is 0 Å². The van der Waals surface area contributed by atoms with Crippen molar-refractivity contribution >= 4 is 17.2 Å². The molecule has 0 saturated carbocycles. The molecule has 1 aliphatic heterocycles. The maximum atomic E-state index is 12.8. The lowest BCUT2D eigenvalue weighted by molar-refractivity contribution is -0.157. The number of hydrogen-bond donors (Lipinski definition) is 2. The minimum absolute atomic E-state index is 0.179. The second-order valence-electron chi connectivity index (χ2n) is 6.81. The Labute approximate surface area is 152 Å². The number of aliphatic hydroxyl groups is 1. The van der Waals surface area contributed by atoms with Gasteiger partial charge in [0.25, 0.3) is 5.91 Å². The van der Waals surface area contributed by atoms with Crippen LogP contribution in [0.25, 0.3) is 0 Å². The smallest absolute Gasteiger partial charge is 0.256 e. The number of carbonyl (C=O) groups is 1. The van der Waals surface area contributed by atoms with Crippen molar-refractivity contribution in [2.45, 2.75) is 45.4 Å². The van der Waals surface area contributed by atoms with E-state index in [4.69, 9.17) is 0 Å². The molecule has 134 valence electrons. The van der Waals surface area contributed by atoms with Crippen molar-refractivity contribution in [3.05, 3.63) is 51.5 Å². The van der Waals surface area contributed by atoms with Gasteiger partial charge in [-0.2, -0.15) is 0 Å². The van der Waals surface area contributed by atoms with Crippen LogP contribution in [0.4, 0.5) is 0 Å². The summed E-state index contributed by atoms with van der Waals surface area (Å²) in [6.07, 6.45) is 1.31. The fourth-order valence-corrected chi connectivity index (χ4v) is 3.91. The van der Waals surface area contributed by atoms with Gasteiger partial charge in [-0.1, -0.05) is 29.8 Å². The molecule has 1 atom stereocenters. The molecule has 1 aromatic heterocycles. The first-order valence-corrected chi connectivity index (χ1v) is 9.53. The van der Waals surface area contributed by atoms with Gasteiger partial charge in [0.2, 0.25) is 0 Å². The lowest BCUT2D eigenvalue weighted by Crippen LogP contribution is -2.57. The van der Waals surface area contributed by atoms with E-state index in [0.717, 1.165) is 22.7 Å². The number of rotatable bonds is 6. The second-order valence-corrected chi connectivity index (χ2v) is 7.87. The molecule has 0 unspecified atom stereocenters. The van der Waals surface area contributed by atoms with E-state index in [1.54, 1.807) is 16.2 Å². The quantitative estimate of drug-likeness (QED) is 0.831. The van der Waals surface area contributed by atoms with Gasteiger partial charge >= 0.3 is 0 Å². The summed E-state index contributed by atoms with van der Waals surface area (Å²) in [5, 5.41) is 17.1. The summed E-state index contributed by atoms with van der Waals surface area (Å²) in [7, 11) is 0. The minimum Gasteiger partial charge on any atom is -0.379 e. The third-order valence-electron chi connectivity index (χ3n) is 4.55. The van der Waals surface area contributed by atoms with E-state index >= 15 is 0 Å². The van der Waals surface area contributed by atoms with Crippen molar-refractivity contribution in [3.63, 3.8) is 0 Å². The van der Waals surface area contributed by atoms with Gasteiger partial charge in [-0.25, -0.2) is 4.98 Å². The Morgan fingerprint density at radius 3 is 2.96 bits per heavy atom. The van der Waals surface area contributed by atoms with Crippen molar-refractivity contribution in [2.24, 2.45) is 0 Å². The van der Waals surface area contributed by atoms with Crippen molar-refractivity contribution in [3.8, 4) is 0 Å². The van der Waals surface area contributed by atoms with Gasteiger partial charge in [0.15, 0.2) is 5.60 Å². The first kappa shape index (κ1) is 18.0. The molecule has 0 aliphatic carbocycles. The predicted octanol–water partition coefficient (Wildman–Crippen LogP) is 2.40. The van der Waals surface area contributed by atoms with Crippen molar-refractivity contribution in [1.29, 1.82) is 0 Å². The number of likely N-dealkylation sites (tertiary alicyclic amines) is 1. The molecule has 2 aromatic rings. The zero-order chi connectivity index (χ0) is 17.9. The number of amides is 1. The van der Waals surface area contributed by atoms with Crippen LogP contribution in [-0.4, -0.2) is 39.6 Å². The van der Waals surface area contributed by atoms with Gasteiger partial charge in [0.05, 0.1) is 10.7 Å². The molecule has 0 spiro atoms. The van der Waals surface area contributed by atoms with E-state index in [1.165, 1.54) is 5.56 Å². The summed E-state index contributed by atoms with van der Waals surface area (Å²) in [5.41, 5.74) is 1.90. The zero-order valence-corrected chi connectivity index (χ0v) is 15.6. The Morgan fingerprint density at radius 2 is 2.24 bits per heavy atom. The molecule has 0 bridgehead atoms. The van der Waals surface area contributed by atoms with Gasteiger partial charge < -0.3 is 15.3 Å². The average molecular weight is 359 g/mol. The first-order valence-electron chi connectivity index (χ1n) is 8.65. The maximum Gasteiger partial charge on any atom is 0.256 e. The molecule has 5 nitrogen and oxygen atoms in total. The van der Waals surface area contributed by atoms with Crippen LogP contribution in [0.15, 0.2) is 29.6 Å². The van der Waals surface area contributed by atoms with Crippen LogP contribution in [0.1, 0.15) is 34.7 Å². The molecule has 1 aliphatic rings. The molecule has 1 aromatic carbocycles. The van der Waals surface area contributed by atoms with Crippen molar-refractivity contribution in [2.75, 3.05) is 13.1 Å². The molecule has 1 fully saturated rings. The highest BCUT2D eigenvalue weighted by Crippen LogP contribution is 2.24. The number of hydrogen-bond acceptors (Lipinski definition) is 5. The molecule has 3 rings (SSSR count). The van der Waals surface area contributed by atoms with Crippen LogP contribution in [-0.2, 0) is 17.9 Å². The number of aromatic nitrogens is 1. The molecule has 2 N–H and O–H groups in total. The Balaban J connectivity index is 1.59. The summed E-state index contributed by atoms with van der Waals surface area (Å²) < 4.78 is 0. The summed E-state index contributed by atoms with van der Waals surface area (Å²) >= 11 is 1.60. The lowest BCUT2D eigenvalue weighted by Gasteiger charge is -2.38. The highest BCUT2D eigenvalue weighted by Gasteiger charge is 2.41. The Morgan fingerprint density at radius 1 is 1.40 bits per heavy atom. The number of aryl methyl sites for hydroxylation is 2. The van der Waals surface area contributed by atoms with E-state index in [0.29, 0.717) is 26.1 Å². The minimum atomic E-state index is -1.33. The van der Waals surface area contributed by atoms with Gasteiger partial charge in [-0.3, -0.25) is 4.79 Å².